The normalized spacial score (nSPS) is 21.8. The molecule has 7 heteroatoms. The number of nitro groups is 1. The molecule has 1 fully saturated rings. The van der Waals surface area contributed by atoms with Crippen molar-refractivity contribution in [1.29, 1.82) is 0 Å². The Kier molecular flexibility index (Phi) is 5.12. The minimum absolute atomic E-state index is 0.0291. The number of hydrogen-bond acceptors (Lipinski definition) is 4. The van der Waals surface area contributed by atoms with Crippen LogP contribution in [-0.4, -0.2) is 21.9 Å². The molecule has 0 saturated heterocycles. The Balaban J connectivity index is 2.14. The van der Waals surface area contributed by atoms with Crippen LogP contribution in [0, 0.1) is 16.0 Å². The Labute approximate surface area is 128 Å². The first-order valence-corrected chi connectivity index (χ1v) is 7.50. The fraction of sp³-hybridized carbons (Fsp3) is 0.571. The topological polar surface area (TPSA) is 85.1 Å². The summed E-state index contributed by atoms with van der Waals surface area (Å²) in [6.07, 6.45) is 6.49. The number of nitrogens with zero attached hydrogens (tertiary/aromatic N) is 2. The van der Waals surface area contributed by atoms with E-state index in [0.717, 1.165) is 25.7 Å². The maximum atomic E-state index is 12.3. The zero-order chi connectivity index (χ0) is 15.4. The van der Waals surface area contributed by atoms with Gasteiger partial charge < -0.3 is 5.32 Å². The van der Waals surface area contributed by atoms with Crippen molar-refractivity contribution in [3.05, 3.63) is 33.1 Å². The number of carbonyl (C=O) groups excluding carboxylic acids is 1. The molecule has 2 atom stereocenters. The van der Waals surface area contributed by atoms with Crippen LogP contribution in [0.1, 0.15) is 49.4 Å². The Morgan fingerprint density at radius 1 is 1.57 bits per heavy atom. The minimum Gasteiger partial charge on any atom is -0.349 e. The van der Waals surface area contributed by atoms with E-state index in [4.69, 9.17) is 11.6 Å². The fourth-order valence-electron chi connectivity index (χ4n) is 2.84. The Bertz CT molecular complexity index is 550. The van der Waals surface area contributed by atoms with Crippen LogP contribution in [0.15, 0.2) is 12.3 Å². The highest BCUT2D eigenvalue weighted by Crippen LogP contribution is 2.29. The van der Waals surface area contributed by atoms with Crippen molar-refractivity contribution in [2.75, 3.05) is 0 Å². The van der Waals surface area contributed by atoms with Gasteiger partial charge in [0.2, 0.25) is 5.15 Å². The van der Waals surface area contributed by atoms with Gasteiger partial charge in [0.05, 0.1) is 4.92 Å². The van der Waals surface area contributed by atoms with Crippen molar-refractivity contribution in [1.82, 2.24) is 10.3 Å². The summed E-state index contributed by atoms with van der Waals surface area (Å²) in [4.78, 5) is 26.3. The molecule has 0 aromatic carbocycles. The maximum absolute atomic E-state index is 12.3. The summed E-state index contributed by atoms with van der Waals surface area (Å²) in [6, 6.07) is 1.40. The molecule has 114 valence electrons. The zero-order valence-electron chi connectivity index (χ0n) is 11.8. The number of rotatable bonds is 4. The smallest absolute Gasteiger partial charge is 0.319 e. The summed E-state index contributed by atoms with van der Waals surface area (Å²) in [5, 5.41) is 13.7. The van der Waals surface area contributed by atoms with E-state index in [1.165, 1.54) is 18.7 Å². The average molecular weight is 312 g/mol. The van der Waals surface area contributed by atoms with Crippen LogP contribution in [0.2, 0.25) is 5.15 Å². The Morgan fingerprint density at radius 3 is 3.00 bits per heavy atom. The van der Waals surface area contributed by atoms with Crippen molar-refractivity contribution in [2.24, 2.45) is 5.92 Å². The maximum Gasteiger partial charge on any atom is 0.319 e. The molecule has 1 aliphatic rings. The lowest BCUT2D eigenvalue weighted by Crippen LogP contribution is -2.38. The molecule has 1 aromatic rings. The third kappa shape index (κ3) is 3.69. The van der Waals surface area contributed by atoms with Crippen LogP contribution >= 0.6 is 11.6 Å². The molecule has 1 heterocycles. The third-order valence-corrected chi connectivity index (χ3v) is 4.28. The SMILES string of the molecule is CCC1CCCC(NC(=O)c2ccnc(Cl)c2[N+](=O)[O-])C1. The molecule has 21 heavy (non-hydrogen) atoms. The second kappa shape index (κ2) is 6.85. The van der Waals surface area contributed by atoms with E-state index in [1.54, 1.807) is 0 Å². The number of halogens is 1. The summed E-state index contributed by atoms with van der Waals surface area (Å²) in [5.41, 5.74) is -0.460. The zero-order valence-corrected chi connectivity index (χ0v) is 12.6. The monoisotopic (exact) mass is 311 g/mol. The molecule has 6 nitrogen and oxygen atoms in total. The first-order chi connectivity index (χ1) is 10.0. The van der Waals surface area contributed by atoms with Gasteiger partial charge >= 0.3 is 5.69 Å². The van der Waals surface area contributed by atoms with Crippen molar-refractivity contribution in [2.45, 2.75) is 45.1 Å². The molecule has 2 unspecified atom stereocenters. The highest BCUT2D eigenvalue weighted by Gasteiger charge is 2.28. The molecule has 0 spiro atoms. The predicted octanol–water partition coefficient (Wildman–Crippen LogP) is 3.34. The van der Waals surface area contributed by atoms with Gasteiger partial charge in [-0.05, 0) is 24.8 Å². The number of hydrogen-bond donors (Lipinski definition) is 1. The van der Waals surface area contributed by atoms with Crippen molar-refractivity contribution in [3.63, 3.8) is 0 Å². The van der Waals surface area contributed by atoms with Gasteiger partial charge in [0, 0.05) is 12.2 Å². The van der Waals surface area contributed by atoms with E-state index < -0.39 is 16.5 Å². The number of carbonyl (C=O) groups is 1. The number of pyridine rings is 1. The number of nitrogens with one attached hydrogen (secondary N) is 1. The highest BCUT2D eigenvalue weighted by molar-refractivity contribution is 6.32. The van der Waals surface area contributed by atoms with Gasteiger partial charge in [0.15, 0.2) is 0 Å². The molecule has 1 aromatic heterocycles. The second-order valence-electron chi connectivity index (χ2n) is 5.37. The van der Waals surface area contributed by atoms with Gasteiger partial charge in [-0.25, -0.2) is 4.98 Å². The van der Waals surface area contributed by atoms with Gasteiger partial charge in [-0.2, -0.15) is 0 Å². The summed E-state index contributed by atoms with van der Waals surface area (Å²) in [7, 11) is 0. The molecule has 1 saturated carbocycles. The quantitative estimate of drug-likeness (QED) is 0.525. The predicted molar refractivity (Wildman–Crippen MR) is 79.4 cm³/mol. The van der Waals surface area contributed by atoms with Crippen LogP contribution in [0.3, 0.4) is 0 Å². The molecule has 1 N–H and O–H groups in total. The molecule has 1 amide bonds. The van der Waals surface area contributed by atoms with Crippen molar-refractivity contribution in [3.8, 4) is 0 Å². The molecule has 1 aliphatic carbocycles. The second-order valence-corrected chi connectivity index (χ2v) is 5.72. The van der Waals surface area contributed by atoms with Gasteiger partial charge in [-0.1, -0.05) is 37.8 Å². The van der Waals surface area contributed by atoms with Crippen LogP contribution in [0.25, 0.3) is 0 Å². The number of aromatic nitrogens is 1. The molecular formula is C14H18ClN3O3. The van der Waals surface area contributed by atoms with Crippen molar-refractivity contribution >= 4 is 23.2 Å². The van der Waals surface area contributed by atoms with Gasteiger partial charge in [0.1, 0.15) is 5.56 Å². The summed E-state index contributed by atoms with van der Waals surface area (Å²) >= 11 is 5.72. The third-order valence-electron chi connectivity index (χ3n) is 4.00. The lowest BCUT2D eigenvalue weighted by molar-refractivity contribution is -0.385. The number of amides is 1. The van der Waals surface area contributed by atoms with E-state index in [2.05, 4.69) is 17.2 Å². The van der Waals surface area contributed by atoms with Gasteiger partial charge in [-0.15, -0.1) is 0 Å². The Hall–Kier alpha value is -1.69. The standard InChI is InChI=1S/C14H18ClN3O3/c1-2-9-4-3-5-10(8-9)17-14(19)11-6-7-16-13(15)12(11)18(20)21/h6-7,9-10H,2-5,8H2,1H3,(H,17,19). The highest BCUT2D eigenvalue weighted by atomic mass is 35.5. The van der Waals surface area contributed by atoms with E-state index in [1.807, 2.05) is 0 Å². The van der Waals surface area contributed by atoms with E-state index in [9.17, 15) is 14.9 Å². The van der Waals surface area contributed by atoms with Crippen LogP contribution < -0.4 is 5.32 Å². The Morgan fingerprint density at radius 2 is 2.33 bits per heavy atom. The summed E-state index contributed by atoms with van der Waals surface area (Å²) in [5.74, 6) is 0.160. The average Bonchev–Trinajstić information content (AvgIpc) is 2.46. The summed E-state index contributed by atoms with van der Waals surface area (Å²) in [6.45, 7) is 2.14. The van der Waals surface area contributed by atoms with Gasteiger partial charge in [-0.3, -0.25) is 14.9 Å². The van der Waals surface area contributed by atoms with E-state index in [-0.39, 0.29) is 16.8 Å². The molecule has 0 aliphatic heterocycles. The van der Waals surface area contributed by atoms with E-state index >= 15 is 0 Å². The fourth-order valence-corrected chi connectivity index (χ4v) is 3.07. The molecule has 0 bridgehead atoms. The van der Waals surface area contributed by atoms with E-state index in [0.29, 0.717) is 5.92 Å². The molecule has 0 radical (unpaired) electrons. The lowest BCUT2D eigenvalue weighted by atomic mass is 9.84. The lowest BCUT2D eigenvalue weighted by Gasteiger charge is -2.29. The molecular weight excluding hydrogens is 294 g/mol. The first-order valence-electron chi connectivity index (χ1n) is 7.12. The largest absolute Gasteiger partial charge is 0.349 e. The minimum atomic E-state index is -0.667. The van der Waals surface area contributed by atoms with Gasteiger partial charge in [0.25, 0.3) is 5.91 Å². The first kappa shape index (κ1) is 15.7. The molecule has 2 rings (SSSR count). The van der Waals surface area contributed by atoms with Crippen LogP contribution in [0.4, 0.5) is 5.69 Å². The summed E-state index contributed by atoms with van der Waals surface area (Å²) < 4.78 is 0. The van der Waals surface area contributed by atoms with Crippen LogP contribution in [0.5, 0.6) is 0 Å². The van der Waals surface area contributed by atoms with Crippen LogP contribution in [-0.2, 0) is 0 Å². The van der Waals surface area contributed by atoms with Crippen molar-refractivity contribution < 1.29 is 9.72 Å².